The number of alkyl carbamates (subject to hydrolysis) is 1. The Balaban J connectivity index is 1.36. The number of hydrogen-bond acceptors (Lipinski definition) is 9. The highest BCUT2D eigenvalue weighted by Gasteiger charge is 2.51. The van der Waals surface area contributed by atoms with Gasteiger partial charge < -0.3 is 29.0 Å². The van der Waals surface area contributed by atoms with Crippen molar-refractivity contribution in [2.75, 3.05) is 33.0 Å². The Labute approximate surface area is 166 Å². The van der Waals surface area contributed by atoms with Gasteiger partial charge in [0.05, 0.1) is 13.2 Å². The highest BCUT2D eigenvalue weighted by Crippen LogP contribution is 2.38. The van der Waals surface area contributed by atoms with Gasteiger partial charge in [0.15, 0.2) is 23.4 Å². The van der Waals surface area contributed by atoms with Crippen molar-refractivity contribution in [1.82, 2.24) is 25.5 Å². The van der Waals surface area contributed by atoms with Crippen LogP contribution in [0.5, 0.6) is 11.5 Å². The average Bonchev–Trinajstić information content (AvgIpc) is 3.45. The van der Waals surface area contributed by atoms with Crippen molar-refractivity contribution in [2.24, 2.45) is 0 Å². The number of aromatic nitrogens is 4. The molecule has 0 saturated carbocycles. The van der Waals surface area contributed by atoms with Crippen molar-refractivity contribution < 1.29 is 28.5 Å². The minimum atomic E-state index is -0.479. The van der Waals surface area contributed by atoms with E-state index in [1.54, 1.807) is 4.68 Å². The maximum atomic E-state index is 11.8. The van der Waals surface area contributed by atoms with Crippen LogP contribution >= 0.6 is 0 Å². The summed E-state index contributed by atoms with van der Waals surface area (Å²) in [6.07, 6.45) is -1.62. The van der Waals surface area contributed by atoms with Gasteiger partial charge in [-0.15, -0.1) is 5.10 Å². The van der Waals surface area contributed by atoms with Crippen molar-refractivity contribution in [3.63, 3.8) is 0 Å². The molecule has 5 rings (SSSR count). The summed E-state index contributed by atoms with van der Waals surface area (Å²) in [6, 6.07) is 5.36. The van der Waals surface area contributed by atoms with Crippen molar-refractivity contribution >= 4 is 6.09 Å². The maximum Gasteiger partial charge on any atom is 0.407 e. The Morgan fingerprint density at radius 1 is 1.21 bits per heavy atom. The molecule has 4 heterocycles. The monoisotopic (exact) mass is 403 g/mol. The number of tetrazole rings is 1. The maximum absolute atomic E-state index is 11.8. The Hall–Kier alpha value is -2.92. The summed E-state index contributed by atoms with van der Waals surface area (Å²) in [5.41, 5.74) is 0.802. The largest absolute Gasteiger partial charge is 0.486 e. The number of benzene rings is 1. The third-order valence-corrected chi connectivity index (χ3v) is 5.17. The van der Waals surface area contributed by atoms with Gasteiger partial charge in [-0.2, -0.15) is 0 Å². The van der Waals surface area contributed by atoms with E-state index in [2.05, 4.69) is 20.8 Å². The Morgan fingerprint density at radius 3 is 2.90 bits per heavy atom. The normalized spacial score (nSPS) is 27.5. The lowest BCUT2D eigenvalue weighted by atomic mass is 10.1. The molecule has 0 unspecified atom stereocenters. The molecule has 11 heteroatoms. The standard InChI is InChI=1S/C18H21N5O6/c1-2-19-18(24)29-14-9-28-15-11(8-27-16(14)15)23-17(20-21-22-23)10-3-4-12-13(7-10)26-6-5-25-12/h3-4,7,11,14-16H,2,5-6,8-9H2,1H3,(H,19,24)/t11-,14-,15-,16+/m0/s1. The smallest absolute Gasteiger partial charge is 0.407 e. The lowest BCUT2D eigenvalue weighted by molar-refractivity contribution is 0.00320. The van der Waals surface area contributed by atoms with Gasteiger partial charge in [-0.1, -0.05) is 0 Å². The van der Waals surface area contributed by atoms with Gasteiger partial charge in [-0.05, 0) is 35.5 Å². The van der Waals surface area contributed by atoms with Gasteiger partial charge in [-0.3, -0.25) is 0 Å². The van der Waals surface area contributed by atoms with E-state index in [1.807, 2.05) is 25.1 Å². The molecule has 2 fully saturated rings. The second-order valence-corrected chi connectivity index (χ2v) is 6.94. The van der Waals surface area contributed by atoms with Crippen LogP contribution in [0.2, 0.25) is 0 Å². The summed E-state index contributed by atoms with van der Waals surface area (Å²) < 4.78 is 30.1. The average molecular weight is 403 g/mol. The van der Waals surface area contributed by atoms with Crippen molar-refractivity contribution in [3.05, 3.63) is 18.2 Å². The van der Waals surface area contributed by atoms with E-state index in [4.69, 9.17) is 23.7 Å². The number of nitrogens with zero attached hydrogens (tertiary/aromatic N) is 4. The second kappa shape index (κ2) is 7.48. The Kier molecular flexibility index (Phi) is 4.68. The number of amides is 1. The van der Waals surface area contributed by atoms with Crippen LogP contribution in [0.15, 0.2) is 18.2 Å². The van der Waals surface area contributed by atoms with Crippen LogP contribution in [0.3, 0.4) is 0 Å². The molecular formula is C18H21N5O6. The fourth-order valence-corrected chi connectivity index (χ4v) is 3.87. The molecule has 1 aromatic carbocycles. The first-order chi connectivity index (χ1) is 14.2. The first-order valence-electron chi connectivity index (χ1n) is 9.60. The van der Waals surface area contributed by atoms with Crippen molar-refractivity contribution in [2.45, 2.75) is 31.3 Å². The zero-order chi connectivity index (χ0) is 19.8. The van der Waals surface area contributed by atoms with E-state index < -0.39 is 12.2 Å². The zero-order valence-electron chi connectivity index (χ0n) is 15.8. The molecule has 0 radical (unpaired) electrons. The van der Waals surface area contributed by atoms with Crippen LogP contribution < -0.4 is 14.8 Å². The van der Waals surface area contributed by atoms with E-state index in [1.165, 1.54) is 0 Å². The molecule has 11 nitrogen and oxygen atoms in total. The summed E-state index contributed by atoms with van der Waals surface area (Å²) in [5.74, 6) is 1.94. The number of carbonyl (C=O) groups is 1. The van der Waals surface area contributed by atoms with Crippen molar-refractivity contribution in [3.8, 4) is 22.9 Å². The third-order valence-electron chi connectivity index (χ3n) is 5.17. The second-order valence-electron chi connectivity index (χ2n) is 6.94. The van der Waals surface area contributed by atoms with Gasteiger partial charge in [0, 0.05) is 12.1 Å². The van der Waals surface area contributed by atoms with E-state index in [9.17, 15) is 4.79 Å². The predicted molar refractivity (Wildman–Crippen MR) is 96.7 cm³/mol. The van der Waals surface area contributed by atoms with E-state index in [-0.39, 0.29) is 24.9 Å². The highest BCUT2D eigenvalue weighted by atomic mass is 16.6. The first-order valence-corrected chi connectivity index (χ1v) is 9.60. The van der Waals surface area contributed by atoms with Crippen LogP contribution in [0.25, 0.3) is 11.4 Å². The van der Waals surface area contributed by atoms with Crippen LogP contribution in [-0.2, 0) is 14.2 Å². The molecule has 1 aromatic heterocycles. The summed E-state index contributed by atoms with van der Waals surface area (Å²) in [4.78, 5) is 11.8. The minimum Gasteiger partial charge on any atom is -0.486 e. The van der Waals surface area contributed by atoms with Crippen LogP contribution in [0.4, 0.5) is 4.79 Å². The number of ether oxygens (including phenoxy) is 5. The van der Waals surface area contributed by atoms with Crippen molar-refractivity contribution in [1.29, 1.82) is 0 Å². The lowest BCUT2D eigenvalue weighted by Crippen LogP contribution is -2.37. The molecule has 2 saturated heterocycles. The molecule has 0 spiro atoms. The molecule has 2 aromatic rings. The molecule has 0 bridgehead atoms. The van der Waals surface area contributed by atoms with Gasteiger partial charge in [0.1, 0.15) is 31.5 Å². The number of fused-ring (bicyclic) bond motifs is 2. The first kappa shape index (κ1) is 18.1. The van der Waals surface area contributed by atoms with Crippen LogP contribution in [-0.4, -0.2) is 77.6 Å². The van der Waals surface area contributed by atoms with Gasteiger partial charge >= 0.3 is 6.09 Å². The number of hydrogen-bond donors (Lipinski definition) is 1. The molecule has 0 aliphatic carbocycles. The fourth-order valence-electron chi connectivity index (χ4n) is 3.87. The minimum absolute atomic E-state index is 0.235. The Morgan fingerprint density at radius 2 is 2.03 bits per heavy atom. The fraction of sp³-hybridized carbons (Fsp3) is 0.556. The molecule has 1 N–H and O–H groups in total. The molecular weight excluding hydrogens is 382 g/mol. The van der Waals surface area contributed by atoms with Gasteiger partial charge in [-0.25, -0.2) is 9.48 Å². The van der Waals surface area contributed by atoms with E-state index in [0.717, 1.165) is 5.56 Å². The molecule has 154 valence electrons. The summed E-state index contributed by atoms with van der Waals surface area (Å²) in [7, 11) is 0. The third kappa shape index (κ3) is 3.25. The molecule has 3 aliphatic rings. The summed E-state index contributed by atoms with van der Waals surface area (Å²) >= 11 is 0. The topological polar surface area (TPSA) is 119 Å². The molecule has 3 aliphatic heterocycles. The highest BCUT2D eigenvalue weighted by molar-refractivity contribution is 5.67. The van der Waals surface area contributed by atoms with Crippen LogP contribution in [0.1, 0.15) is 13.0 Å². The number of rotatable bonds is 4. The molecule has 29 heavy (non-hydrogen) atoms. The predicted octanol–water partition coefficient (Wildman–Crippen LogP) is 0.565. The van der Waals surface area contributed by atoms with E-state index in [0.29, 0.717) is 43.7 Å². The SMILES string of the molecule is CCNC(=O)O[C@H]1CO[C@@H]2[C@@H]1OC[C@@H]2n1nnnc1-c1ccc2c(c1)OCCO2. The summed E-state index contributed by atoms with van der Waals surface area (Å²) in [6.45, 7) is 3.98. The number of carbonyl (C=O) groups excluding carboxylic acids is 1. The van der Waals surface area contributed by atoms with E-state index >= 15 is 0 Å². The summed E-state index contributed by atoms with van der Waals surface area (Å²) in [5, 5.41) is 14.8. The Bertz CT molecular complexity index is 905. The van der Waals surface area contributed by atoms with Gasteiger partial charge in [0.2, 0.25) is 0 Å². The van der Waals surface area contributed by atoms with Crippen LogP contribution in [0, 0.1) is 0 Å². The lowest BCUT2D eigenvalue weighted by Gasteiger charge is -2.20. The molecule has 4 atom stereocenters. The van der Waals surface area contributed by atoms with Gasteiger partial charge in [0.25, 0.3) is 0 Å². The number of nitrogens with one attached hydrogen (secondary N) is 1. The quantitative estimate of drug-likeness (QED) is 0.781. The zero-order valence-corrected chi connectivity index (χ0v) is 15.8. The molecule has 1 amide bonds.